The number of guanidine groups is 1. The van der Waals surface area contributed by atoms with Gasteiger partial charge in [-0.3, -0.25) is 4.99 Å². The van der Waals surface area contributed by atoms with Crippen LogP contribution in [-0.4, -0.2) is 37.0 Å². The van der Waals surface area contributed by atoms with E-state index in [0.717, 1.165) is 13.0 Å². The molecule has 0 radical (unpaired) electrons. The molecule has 1 atom stereocenters. The number of rotatable bonds is 3. The van der Waals surface area contributed by atoms with Crippen LogP contribution in [0, 0.1) is 0 Å². The van der Waals surface area contributed by atoms with E-state index in [9.17, 15) is 0 Å². The molecular weight excluding hydrogens is 152 g/mol. The van der Waals surface area contributed by atoms with Crippen LogP contribution in [0.2, 0.25) is 0 Å². The van der Waals surface area contributed by atoms with E-state index in [1.54, 1.807) is 0 Å². The highest BCUT2D eigenvalue weighted by atomic mass is 15.1. The fourth-order valence-electron chi connectivity index (χ4n) is 1.69. The number of nitrogens with zero attached hydrogens (tertiary/aromatic N) is 2. The van der Waals surface area contributed by atoms with Gasteiger partial charge in [0.25, 0.3) is 0 Å². The van der Waals surface area contributed by atoms with Gasteiger partial charge in [-0.25, -0.2) is 0 Å². The normalized spacial score (nSPS) is 24.2. The van der Waals surface area contributed by atoms with Crippen molar-refractivity contribution >= 4 is 5.96 Å². The maximum absolute atomic E-state index is 5.23. The molecule has 0 aromatic carbocycles. The molecule has 0 aliphatic carbocycles. The molecule has 1 saturated heterocycles. The monoisotopic (exact) mass is 170 g/mol. The van der Waals surface area contributed by atoms with Gasteiger partial charge in [-0.1, -0.05) is 0 Å². The molecule has 1 heterocycles. The van der Waals surface area contributed by atoms with Crippen LogP contribution < -0.4 is 11.5 Å². The first-order valence-corrected chi connectivity index (χ1v) is 4.46. The van der Waals surface area contributed by atoms with Crippen molar-refractivity contribution in [2.75, 3.05) is 20.1 Å². The van der Waals surface area contributed by atoms with Gasteiger partial charge in [0, 0.05) is 12.6 Å². The zero-order valence-corrected chi connectivity index (χ0v) is 7.66. The predicted molar refractivity (Wildman–Crippen MR) is 50.9 cm³/mol. The Morgan fingerprint density at radius 2 is 2.33 bits per heavy atom. The molecule has 1 aliphatic heterocycles. The molecule has 0 aromatic heterocycles. The highest BCUT2D eigenvalue weighted by molar-refractivity contribution is 5.75. The third-order valence-corrected chi connectivity index (χ3v) is 2.43. The first kappa shape index (κ1) is 9.32. The molecule has 1 unspecified atom stereocenters. The second kappa shape index (κ2) is 4.30. The molecular formula is C8H18N4. The molecule has 1 rings (SSSR count). The van der Waals surface area contributed by atoms with E-state index < -0.39 is 0 Å². The Balaban J connectivity index is 2.18. The lowest BCUT2D eigenvalue weighted by molar-refractivity contribution is 0.299. The van der Waals surface area contributed by atoms with Crippen LogP contribution in [-0.2, 0) is 0 Å². The predicted octanol–water partition coefficient (Wildman–Crippen LogP) is -0.256. The average molecular weight is 170 g/mol. The van der Waals surface area contributed by atoms with Gasteiger partial charge in [0.15, 0.2) is 5.96 Å². The second-order valence-electron chi connectivity index (χ2n) is 3.37. The Hall–Kier alpha value is -0.770. The van der Waals surface area contributed by atoms with E-state index in [1.807, 2.05) is 0 Å². The van der Waals surface area contributed by atoms with E-state index in [4.69, 9.17) is 11.5 Å². The maximum Gasteiger partial charge on any atom is 0.185 e. The lowest BCUT2D eigenvalue weighted by Gasteiger charge is -2.17. The van der Waals surface area contributed by atoms with Gasteiger partial charge in [-0.2, -0.15) is 0 Å². The van der Waals surface area contributed by atoms with Crippen molar-refractivity contribution in [3.05, 3.63) is 0 Å². The summed E-state index contributed by atoms with van der Waals surface area (Å²) < 4.78 is 0. The lowest BCUT2D eigenvalue weighted by atomic mass is 10.1. The number of aliphatic imine (C=N–C) groups is 1. The van der Waals surface area contributed by atoms with Crippen molar-refractivity contribution in [1.82, 2.24) is 4.90 Å². The van der Waals surface area contributed by atoms with E-state index in [2.05, 4.69) is 16.9 Å². The summed E-state index contributed by atoms with van der Waals surface area (Å²) in [5, 5.41) is 0. The summed E-state index contributed by atoms with van der Waals surface area (Å²) in [5.74, 6) is 0.204. The van der Waals surface area contributed by atoms with Crippen molar-refractivity contribution in [2.24, 2.45) is 16.5 Å². The van der Waals surface area contributed by atoms with Gasteiger partial charge < -0.3 is 16.4 Å². The van der Waals surface area contributed by atoms with Crippen molar-refractivity contribution in [2.45, 2.75) is 25.3 Å². The third kappa shape index (κ3) is 2.70. The SMILES string of the molecule is CN1CCCC1CCN=C(N)N. The molecule has 12 heavy (non-hydrogen) atoms. The van der Waals surface area contributed by atoms with Crippen molar-refractivity contribution in [3.8, 4) is 0 Å². The molecule has 70 valence electrons. The zero-order chi connectivity index (χ0) is 8.97. The number of likely N-dealkylation sites (tertiary alicyclic amines) is 1. The molecule has 4 nitrogen and oxygen atoms in total. The average Bonchev–Trinajstić information content (AvgIpc) is 2.36. The Morgan fingerprint density at radius 3 is 2.83 bits per heavy atom. The smallest absolute Gasteiger partial charge is 0.185 e. The van der Waals surface area contributed by atoms with Crippen LogP contribution in [0.5, 0.6) is 0 Å². The molecule has 4 N–H and O–H groups in total. The molecule has 1 aliphatic rings. The van der Waals surface area contributed by atoms with Gasteiger partial charge in [0.2, 0.25) is 0 Å². The number of hydrogen-bond donors (Lipinski definition) is 2. The largest absolute Gasteiger partial charge is 0.370 e. The highest BCUT2D eigenvalue weighted by Gasteiger charge is 2.19. The summed E-state index contributed by atoms with van der Waals surface area (Å²) in [6, 6.07) is 0.688. The summed E-state index contributed by atoms with van der Waals surface area (Å²) in [6.07, 6.45) is 3.67. The standard InChI is InChI=1S/C8H18N4/c1-12-6-2-3-7(12)4-5-11-8(9)10/h7H,2-6H2,1H3,(H4,9,10,11). The van der Waals surface area contributed by atoms with E-state index in [-0.39, 0.29) is 5.96 Å². The fourth-order valence-corrected chi connectivity index (χ4v) is 1.69. The molecule has 0 amide bonds. The Bertz CT molecular complexity index is 162. The van der Waals surface area contributed by atoms with Crippen molar-refractivity contribution < 1.29 is 0 Å². The molecule has 0 aromatic rings. The Morgan fingerprint density at radius 1 is 1.58 bits per heavy atom. The number of nitrogens with two attached hydrogens (primary N) is 2. The van der Waals surface area contributed by atoms with Gasteiger partial charge >= 0.3 is 0 Å². The summed E-state index contributed by atoms with van der Waals surface area (Å²) in [4.78, 5) is 6.35. The topological polar surface area (TPSA) is 67.6 Å². The Kier molecular flexibility index (Phi) is 3.34. The summed E-state index contributed by atoms with van der Waals surface area (Å²) in [6.45, 7) is 1.98. The van der Waals surface area contributed by atoms with Crippen molar-refractivity contribution in [3.63, 3.8) is 0 Å². The van der Waals surface area contributed by atoms with Crippen LogP contribution in [0.25, 0.3) is 0 Å². The maximum atomic E-state index is 5.23. The minimum absolute atomic E-state index is 0.204. The Labute approximate surface area is 73.6 Å². The lowest BCUT2D eigenvalue weighted by Crippen LogP contribution is -2.27. The minimum atomic E-state index is 0.204. The molecule has 1 fully saturated rings. The molecule has 0 spiro atoms. The van der Waals surface area contributed by atoms with Gasteiger partial charge in [0.1, 0.15) is 0 Å². The highest BCUT2D eigenvalue weighted by Crippen LogP contribution is 2.17. The number of hydrogen-bond acceptors (Lipinski definition) is 2. The fraction of sp³-hybridized carbons (Fsp3) is 0.875. The summed E-state index contributed by atoms with van der Waals surface area (Å²) >= 11 is 0. The van der Waals surface area contributed by atoms with E-state index in [0.29, 0.717) is 6.04 Å². The van der Waals surface area contributed by atoms with Gasteiger partial charge in [-0.15, -0.1) is 0 Å². The summed E-state index contributed by atoms with van der Waals surface area (Å²) in [5.41, 5.74) is 10.5. The van der Waals surface area contributed by atoms with Crippen LogP contribution >= 0.6 is 0 Å². The first-order chi connectivity index (χ1) is 5.70. The van der Waals surface area contributed by atoms with Crippen LogP contribution in [0.3, 0.4) is 0 Å². The molecule has 0 saturated carbocycles. The second-order valence-corrected chi connectivity index (χ2v) is 3.37. The summed E-state index contributed by atoms with van der Waals surface area (Å²) in [7, 11) is 2.16. The van der Waals surface area contributed by atoms with Gasteiger partial charge in [-0.05, 0) is 32.9 Å². The van der Waals surface area contributed by atoms with E-state index in [1.165, 1.54) is 19.4 Å². The molecule has 0 bridgehead atoms. The first-order valence-electron chi connectivity index (χ1n) is 4.46. The van der Waals surface area contributed by atoms with Crippen molar-refractivity contribution in [1.29, 1.82) is 0 Å². The zero-order valence-electron chi connectivity index (χ0n) is 7.66. The van der Waals surface area contributed by atoms with Crippen LogP contribution in [0.4, 0.5) is 0 Å². The minimum Gasteiger partial charge on any atom is -0.370 e. The van der Waals surface area contributed by atoms with Gasteiger partial charge in [0.05, 0.1) is 0 Å². The molecule has 4 heteroatoms. The quantitative estimate of drug-likeness (QED) is 0.453. The third-order valence-electron chi connectivity index (χ3n) is 2.43. The van der Waals surface area contributed by atoms with E-state index >= 15 is 0 Å². The van der Waals surface area contributed by atoms with Crippen LogP contribution in [0.15, 0.2) is 4.99 Å². The van der Waals surface area contributed by atoms with Crippen LogP contribution in [0.1, 0.15) is 19.3 Å².